The van der Waals surface area contributed by atoms with Gasteiger partial charge in [0.1, 0.15) is 11.2 Å². The topological polar surface area (TPSA) is 41.9 Å². The lowest BCUT2D eigenvalue weighted by molar-refractivity contribution is 0.670. The van der Waals surface area contributed by atoms with E-state index in [2.05, 4.69) is 120 Å². The van der Waals surface area contributed by atoms with Crippen LogP contribution in [0.2, 0.25) is 0 Å². The van der Waals surface area contributed by atoms with Crippen molar-refractivity contribution in [2.75, 3.05) is 0 Å². The van der Waals surface area contributed by atoms with Crippen LogP contribution < -0.4 is 0 Å². The van der Waals surface area contributed by atoms with Crippen molar-refractivity contribution in [2.24, 2.45) is 11.8 Å². The number of hydrogen-bond donors (Lipinski definition) is 0. The van der Waals surface area contributed by atoms with Gasteiger partial charge in [0.2, 0.25) is 0 Å². The molecule has 2 aromatic heterocycles. The standard InChI is InChI=1S/C41H26N2O/c42-23-24-16-19-34-33(20-24)30-18-17-26(29-13-7-14-32-31-12-4-5-15-36(31)44-41(29)32)22-35(30)43(34)28-11-6-10-27(21-28)38-39-37(40(38)39)25-8-2-1-3-9-25/h1-22,37-40H/t37?,38?,39-,40-/m1/s1. The first-order valence-electron chi connectivity index (χ1n) is 15.3. The third kappa shape index (κ3) is 3.31. The molecular weight excluding hydrogens is 536 g/mol. The Morgan fingerprint density at radius 1 is 0.568 bits per heavy atom. The maximum absolute atomic E-state index is 9.72. The minimum absolute atomic E-state index is 0.639. The van der Waals surface area contributed by atoms with Crippen LogP contribution in [-0.2, 0) is 0 Å². The second-order valence-electron chi connectivity index (χ2n) is 12.4. The summed E-state index contributed by atoms with van der Waals surface area (Å²) in [6.07, 6.45) is 0. The van der Waals surface area contributed by atoms with Gasteiger partial charge in [0.05, 0.1) is 22.7 Å². The van der Waals surface area contributed by atoms with Gasteiger partial charge in [-0.1, -0.05) is 91.0 Å². The SMILES string of the molecule is N#Cc1ccc2c(c1)c1ccc(-c3cccc4c3oc3ccccc34)cc1n2-c1cccc(C2[C@H]3C(c4ccccc4)[C@H]23)c1. The zero-order valence-corrected chi connectivity index (χ0v) is 23.8. The highest BCUT2D eigenvalue weighted by Gasteiger charge is 2.73. The van der Waals surface area contributed by atoms with Crippen molar-refractivity contribution < 1.29 is 4.42 Å². The second-order valence-corrected chi connectivity index (χ2v) is 12.4. The number of para-hydroxylation sites is 2. The Morgan fingerprint density at radius 3 is 2.23 bits per heavy atom. The van der Waals surface area contributed by atoms with Gasteiger partial charge in [-0.05, 0) is 82.8 Å². The molecule has 0 saturated heterocycles. The van der Waals surface area contributed by atoms with Crippen LogP contribution in [0, 0.1) is 23.2 Å². The third-order valence-electron chi connectivity index (χ3n) is 10.1. The van der Waals surface area contributed by atoms with Gasteiger partial charge < -0.3 is 8.98 Å². The number of furan rings is 1. The lowest BCUT2D eigenvalue weighted by atomic mass is 9.92. The highest BCUT2D eigenvalue weighted by Crippen LogP contribution is 2.81. The van der Waals surface area contributed by atoms with Crippen LogP contribution in [0.1, 0.15) is 28.5 Å². The summed E-state index contributed by atoms with van der Waals surface area (Å²) in [6, 6.07) is 49.8. The van der Waals surface area contributed by atoms with Gasteiger partial charge in [0.15, 0.2) is 0 Å². The molecule has 0 radical (unpaired) electrons. The van der Waals surface area contributed by atoms with Crippen molar-refractivity contribution in [3.8, 4) is 22.9 Å². The van der Waals surface area contributed by atoms with Crippen LogP contribution in [-0.4, -0.2) is 4.57 Å². The summed E-state index contributed by atoms with van der Waals surface area (Å²) in [4.78, 5) is 0. The van der Waals surface area contributed by atoms with E-state index in [1.165, 1.54) is 11.1 Å². The fourth-order valence-electron chi connectivity index (χ4n) is 7.97. The van der Waals surface area contributed by atoms with E-state index < -0.39 is 0 Å². The molecule has 2 heterocycles. The molecular formula is C41H26N2O. The molecule has 206 valence electrons. The number of hydrogen-bond acceptors (Lipinski definition) is 2. The summed E-state index contributed by atoms with van der Waals surface area (Å²) in [5, 5.41) is 14.2. The van der Waals surface area contributed by atoms with Crippen LogP contribution in [0.15, 0.2) is 138 Å². The predicted octanol–water partition coefficient (Wildman–Crippen LogP) is 10.3. The van der Waals surface area contributed by atoms with E-state index in [4.69, 9.17) is 4.42 Å². The van der Waals surface area contributed by atoms with Crippen LogP contribution in [0.5, 0.6) is 0 Å². The first kappa shape index (κ1) is 23.9. The van der Waals surface area contributed by atoms with Gasteiger partial charge in [0, 0.05) is 32.8 Å². The first-order valence-corrected chi connectivity index (χ1v) is 15.3. The minimum Gasteiger partial charge on any atom is -0.455 e. The van der Waals surface area contributed by atoms with E-state index in [-0.39, 0.29) is 0 Å². The van der Waals surface area contributed by atoms with Crippen LogP contribution in [0.4, 0.5) is 0 Å². The molecule has 0 unspecified atom stereocenters. The summed E-state index contributed by atoms with van der Waals surface area (Å²) in [5.41, 5.74) is 11.0. The lowest BCUT2D eigenvalue weighted by Gasteiger charge is -2.15. The highest BCUT2D eigenvalue weighted by molar-refractivity contribution is 6.13. The van der Waals surface area contributed by atoms with Crippen LogP contribution in [0.25, 0.3) is 60.6 Å². The van der Waals surface area contributed by atoms with E-state index in [9.17, 15) is 5.26 Å². The smallest absolute Gasteiger partial charge is 0.143 e. The van der Waals surface area contributed by atoms with E-state index in [1.54, 1.807) is 0 Å². The largest absolute Gasteiger partial charge is 0.455 e. The Morgan fingerprint density at radius 2 is 1.34 bits per heavy atom. The molecule has 0 aliphatic heterocycles. The summed E-state index contributed by atoms with van der Waals surface area (Å²) in [7, 11) is 0. The third-order valence-corrected chi connectivity index (χ3v) is 10.1. The normalized spacial score (nSPS) is 20.2. The Labute approximate surface area is 254 Å². The minimum atomic E-state index is 0.639. The van der Waals surface area contributed by atoms with Gasteiger partial charge in [-0.15, -0.1) is 0 Å². The number of aromatic nitrogens is 1. The molecule has 2 aliphatic carbocycles. The Balaban J connectivity index is 1.13. The van der Waals surface area contributed by atoms with Gasteiger partial charge in [0.25, 0.3) is 0 Å². The molecule has 2 atom stereocenters. The quantitative estimate of drug-likeness (QED) is 0.214. The highest BCUT2D eigenvalue weighted by atomic mass is 16.3. The number of nitriles is 1. The van der Waals surface area contributed by atoms with Crippen molar-refractivity contribution in [3.05, 3.63) is 150 Å². The fraction of sp³-hybridized carbons (Fsp3) is 0.0976. The molecule has 2 fully saturated rings. The maximum atomic E-state index is 9.72. The predicted molar refractivity (Wildman–Crippen MR) is 177 cm³/mol. The van der Waals surface area contributed by atoms with E-state index in [0.717, 1.165) is 72.4 Å². The number of benzene rings is 6. The van der Waals surface area contributed by atoms with Crippen molar-refractivity contribution in [2.45, 2.75) is 11.8 Å². The molecule has 2 aliphatic rings. The molecule has 0 amide bonds. The lowest BCUT2D eigenvalue weighted by Crippen LogP contribution is -2.01. The molecule has 0 bridgehead atoms. The average Bonchev–Trinajstić information content (AvgIpc) is 3.92. The van der Waals surface area contributed by atoms with Gasteiger partial charge in [-0.3, -0.25) is 0 Å². The fourth-order valence-corrected chi connectivity index (χ4v) is 7.97. The van der Waals surface area contributed by atoms with Crippen LogP contribution in [0.3, 0.4) is 0 Å². The van der Waals surface area contributed by atoms with Crippen LogP contribution >= 0.6 is 0 Å². The number of nitrogens with zero attached hydrogens (tertiary/aromatic N) is 2. The number of rotatable bonds is 4. The second kappa shape index (κ2) is 8.72. The zero-order valence-electron chi connectivity index (χ0n) is 23.8. The summed E-state index contributed by atoms with van der Waals surface area (Å²) >= 11 is 0. The number of fused-ring (bicyclic) bond motifs is 7. The Hall–Kier alpha value is -5.59. The first-order chi connectivity index (χ1) is 21.8. The molecule has 10 rings (SSSR count). The molecule has 6 aromatic carbocycles. The Bertz CT molecular complexity index is 2480. The molecule has 2 saturated carbocycles. The van der Waals surface area contributed by atoms with Gasteiger partial charge >= 0.3 is 0 Å². The van der Waals surface area contributed by atoms with Crippen molar-refractivity contribution >= 4 is 43.7 Å². The van der Waals surface area contributed by atoms with Crippen molar-refractivity contribution in [1.82, 2.24) is 4.57 Å². The van der Waals surface area contributed by atoms with Gasteiger partial charge in [-0.25, -0.2) is 0 Å². The monoisotopic (exact) mass is 562 g/mol. The average molecular weight is 563 g/mol. The van der Waals surface area contributed by atoms with E-state index >= 15 is 0 Å². The van der Waals surface area contributed by atoms with Gasteiger partial charge in [-0.2, -0.15) is 5.26 Å². The molecule has 44 heavy (non-hydrogen) atoms. The summed E-state index contributed by atoms with van der Waals surface area (Å²) < 4.78 is 8.79. The Kier molecular flexibility index (Phi) is 4.74. The summed E-state index contributed by atoms with van der Waals surface area (Å²) in [5.74, 6) is 2.88. The zero-order chi connectivity index (χ0) is 28.9. The van der Waals surface area contributed by atoms with Crippen molar-refractivity contribution in [3.63, 3.8) is 0 Å². The molecule has 0 N–H and O–H groups in total. The molecule has 8 aromatic rings. The van der Waals surface area contributed by atoms with E-state index in [1.807, 2.05) is 24.3 Å². The molecule has 3 nitrogen and oxygen atoms in total. The summed E-state index contributed by atoms with van der Waals surface area (Å²) in [6.45, 7) is 0. The van der Waals surface area contributed by atoms with E-state index in [0.29, 0.717) is 17.4 Å². The molecule has 0 spiro atoms. The molecule has 3 heteroatoms. The van der Waals surface area contributed by atoms with Crippen molar-refractivity contribution in [1.29, 1.82) is 5.26 Å². The maximum Gasteiger partial charge on any atom is 0.143 e.